The third-order valence-electron chi connectivity index (χ3n) is 7.52. The molecule has 1 aliphatic heterocycles. The number of nitrogens with two attached hydrogens (primary N) is 1. The number of carbonyl (C=O) groups excluding carboxylic acids is 1. The quantitative estimate of drug-likeness (QED) is 0.705. The number of aromatic nitrogens is 2. The average Bonchev–Trinajstić information content (AvgIpc) is 3.24. The molecule has 1 amide bonds. The summed E-state index contributed by atoms with van der Waals surface area (Å²) in [5, 5.41) is 0. The van der Waals surface area contributed by atoms with Crippen LogP contribution in [0, 0.1) is 18.8 Å². The zero-order valence-electron chi connectivity index (χ0n) is 19.4. The van der Waals surface area contributed by atoms with Gasteiger partial charge in [-0.2, -0.15) is 0 Å². The Morgan fingerprint density at radius 2 is 1.87 bits per heavy atom. The first kappa shape index (κ1) is 22.1. The maximum Gasteiger partial charge on any atom is 0.240 e. The largest absolute Gasteiger partial charge is 0.331 e. The van der Waals surface area contributed by atoms with Gasteiger partial charge in [0.1, 0.15) is 5.82 Å². The van der Waals surface area contributed by atoms with Crippen molar-refractivity contribution in [1.82, 2.24) is 14.5 Å². The van der Waals surface area contributed by atoms with Gasteiger partial charge in [0.25, 0.3) is 0 Å². The smallest absolute Gasteiger partial charge is 0.240 e. The molecule has 0 unspecified atom stereocenters. The third-order valence-corrected chi connectivity index (χ3v) is 7.52. The van der Waals surface area contributed by atoms with E-state index in [1.54, 1.807) is 0 Å². The lowest BCUT2D eigenvalue weighted by molar-refractivity contribution is -0.138. The molecule has 5 heteroatoms. The van der Waals surface area contributed by atoms with Gasteiger partial charge in [-0.3, -0.25) is 4.79 Å². The van der Waals surface area contributed by atoms with Gasteiger partial charge in [0, 0.05) is 24.8 Å². The molecule has 2 aromatic rings. The number of aryl methyl sites for hydroxylation is 1. The van der Waals surface area contributed by atoms with Gasteiger partial charge in [0.05, 0.1) is 17.8 Å². The van der Waals surface area contributed by atoms with Crippen molar-refractivity contribution in [3.05, 3.63) is 41.9 Å². The van der Waals surface area contributed by atoms with Crippen LogP contribution in [0.3, 0.4) is 0 Å². The van der Waals surface area contributed by atoms with Crippen LogP contribution in [0.5, 0.6) is 0 Å². The first-order valence-corrected chi connectivity index (χ1v) is 12.2. The van der Waals surface area contributed by atoms with Crippen molar-refractivity contribution in [2.24, 2.45) is 17.6 Å². The van der Waals surface area contributed by atoms with Crippen LogP contribution < -0.4 is 5.73 Å². The Hall–Kier alpha value is -2.14. The molecule has 0 bridgehead atoms. The highest BCUT2D eigenvalue weighted by Gasteiger charge is 2.37. The van der Waals surface area contributed by atoms with Crippen LogP contribution in [-0.2, 0) is 11.3 Å². The Kier molecular flexibility index (Phi) is 6.80. The van der Waals surface area contributed by atoms with Crippen LogP contribution in [0.1, 0.15) is 76.2 Å². The van der Waals surface area contributed by atoms with E-state index >= 15 is 0 Å². The summed E-state index contributed by atoms with van der Waals surface area (Å²) in [6.45, 7) is 7.80. The predicted molar refractivity (Wildman–Crippen MR) is 125 cm³/mol. The van der Waals surface area contributed by atoms with E-state index in [-0.39, 0.29) is 17.9 Å². The molecule has 2 aliphatic rings. The molecule has 2 heterocycles. The number of rotatable bonds is 6. The van der Waals surface area contributed by atoms with Crippen molar-refractivity contribution in [2.75, 3.05) is 6.54 Å². The maximum atomic E-state index is 13.4. The molecule has 31 heavy (non-hydrogen) atoms. The average molecular weight is 423 g/mol. The molecule has 0 spiro atoms. The highest BCUT2D eigenvalue weighted by Crippen LogP contribution is 2.38. The number of hydrogen-bond acceptors (Lipinski definition) is 3. The molecule has 3 atom stereocenters. The first-order valence-electron chi connectivity index (χ1n) is 12.2. The fourth-order valence-electron chi connectivity index (χ4n) is 5.17. The summed E-state index contributed by atoms with van der Waals surface area (Å²) in [6.07, 6.45) is 10.6. The van der Waals surface area contributed by atoms with Crippen LogP contribution in [0.25, 0.3) is 11.3 Å². The lowest BCUT2D eigenvalue weighted by atomic mass is 9.83. The summed E-state index contributed by atoms with van der Waals surface area (Å²) < 4.78 is 2.28. The third kappa shape index (κ3) is 4.72. The van der Waals surface area contributed by atoms with Gasteiger partial charge in [-0.25, -0.2) is 4.98 Å². The van der Waals surface area contributed by atoms with E-state index in [1.807, 2.05) is 0 Å². The van der Waals surface area contributed by atoms with Crippen molar-refractivity contribution in [2.45, 2.75) is 84.3 Å². The van der Waals surface area contributed by atoms with Gasteiger partial charge >= 0.3 is 0 Å². The van der Waals surface area contributed by atoms with Crippen LogP contribution in [-0.4, -0.2) is 32.9 Å². The van der Waals surface area contributed by atoms with Gasteiger partial charge in [-0.05, 0) is 25.2 Å². The standard InChI is InChI=1S/C26H38N4O/c1-4-19(3)24(27)26(31)30-15-14-29-17-22(21-12-10-18(2)11-13-21)28-25(29)23(30)16-20-8-6-5-7-9-20/h10-13,17,19-20,23-24H,4-9,14-16,27H2,1-3H3/t19-,23-,24-/m0/s1. The second-order valence-electron chi connectivity index (χ2n) is 9.74. The van der Waals surface area contributed by atoms with E-state index in [2.05, 4.69) is 60.7 Å². The molecule has 1 saturated carbocycles. The van der Waals surface area contributed by atoms with E-state index in [9.17, 15) is 4.79 Å². The predicted octanol–water partition coefficient (Wildman–Crippen LogP) is 5.09. The Morgan fingerprint density at radius 1 is 1.16 bits per heavy atom. The number of nitrogens with zero attached hydrogens (tertiary/aromatic N) is 3. The molecular formula is C26H38N4O. The van der Waals surface area contributed by atoms with Crippen molar-refractivity contribution in [3.63, 3.8) is 0 Å². The fourth-order valence-corrected chi connectivity index (χ4v) is 5.17. The highest BCUT2D eigenvalue weighted by atomic mass is 16.2. The Balaban J connectivity index is 1.65. The zero-order chi connectivity index (χ0) is 22.0. The number of carbonyl (C=O) groups is 1. The second kappa shape index (κ2) is 9.56. The van der Waals surface area contributed by atoms with E-state index in [0.29, 0.717) is 5.92 Å². The Bertz CT molecular complexity index is 881. The number of fused-ring (bicyclic) bond motifs is 1. The topological polar surface area (TPSA) is 64.2 Å². The fraction of sp³-hybridized carbons (Fsp3) is 0.615. The Morgan fingerprint density at radius 3 is 2.55 bits per heavy atom. The van der Waals surface area contributed by atoms with Crippen LogP contribution in [0.15, 0.2) is 30.5 Å². The molecule has 1 fully saturated rings. The van der Waals surface area contributed by atoms with Crippen molar-refractivity contribution < 1.29 is 4.79 Å². The normalized spacial score (nSPS) is 21.5. The zero-order valence-corrected chi connectivity index (χ0v) is 19.4. The number of imidazole rings is 1. The lowest BCUT2D eigenvalue weighted by Gasteiger charge is -2.40. The van der Waals surface area contributed by atoms with Crippen molar-refractivity contribution in [3.8, 4) is 11.3 Å². The Labute approximate surface area is 187 Å². The second-order valence-corrected chi connectivity index (χ2v) is 9.74. The molecule has 0 radical (unpaired) electrons. The summed E-state index contributed by atoms with van der Waals surface area (Å²) in [4.78, 5) is 20.6. The van der Waals surface area contributed by atoms with Crippen molar-refractivity contribution in [1.29, 1.82) is 0 Å². The minimum atomic E-state index is -0.433. The van der Waals surface area contributed by atoms with E-state index in [1.165, 1.54) is 37.7 Å². The van der Waals surface area contributed by atoms with E-state index in [0.717, 1.165) is 43.0 Å². The summed E-state index contributed by atoms with van der Waals surface area (Å²) in [5.41, 5.74) is 9.80. The molecular weight excluding hydrogens is 384 g/mol. The molecule has 2 N–H and O–H groups in total. The van der Waals surface area contributed by atoms with E-state index < -0.39 is 6.04 Å². The van der Waals surface area contributed by atoms with Gasteiger partial charge in [-0.1, -0.05) is 82.2 Å². The molecule has 1 aromatic heterocycles. The van der Waals surface area contributed by atoms with Crippen LogP contribution in [0.2, 0.25) is 0 Å². The maximum absolute atomic E-state index is 13.4. The molecule has 1 aliphatic carbocycles. The molecule has 4 rings (SSSR count). The van der Waals surface area contributed by atoms with Crippen molar-refractivity contribution >= 4 is 5.91 Å². The molecule has 0 saturated heterocycles. The summed E-state index contributed by atoms with van der Waals surface area (Å²) >= 11 is 0. The van der Waals surface area contributed by atoms with Gasteiger partial charge in [0.2, 0.25) is 5.91 Å². The first-order chi connectivity index (χ1) is 15.0. The van der Waals surface area contributed by atoms with Crippen LogP contribution in [0.4, 0.5) is 0 Å². The lowest BCUT2D eigenvalue weighted by Crippen LogP contribution is -2.51. The highest BCUT2D eigenvalue weighted by molar-refractivity contribution is 5.82. The van der Waals surface area contributed by atoms with Crippen LogP contribution >= 0.6 is 0 Å². The summed E-state index contributed by atoms with van der Waals surface area (Å²) in [6, 6.07) is 8.14. The van der Waals surface area contributed by atoms with E-state index in [4.69, 9.17) is 10.7 Å². The van der Waals surface area contributed by atoms with Gasteiger partial charge in [0.15, 0.2) is 0 Å². The summed E-state index contributed by atoms with van der Waals surface area (Å²) in [5.74, 6) is 1.99. The molecule has 168 valence electrons. The number of amides is 1. The minimum Gasteiger partial charge on any atom is -0.331 e. The minimum absolute atomic E-state index is 0.0265. The SMILES string of the molecule is CC[C@H](C)[C@H](N)C(=O)N1CCn2cc(-c3ccc(C)cc3)nc2[C@@H]1CC1CCCCC1. The van der Waals surface area contributed by atoms with Gasteiger partial charge < -0.3 is 15.2 Å². The number of benzene rings is 1. The monoisotopic (exact) mass is 422 g/mol. The summed E-state index contributed by atoms with van der Waals surface area (Å²) in [7, 11) is 0. The molecule has 5 nitrogen and oxygen atoms in total. The van der Waals surface area contributed by atoms with Gasteiger partial charge in [-0.15, -0.1) is 0 Å². The molecule has 1 aromatic carbocycles. The number of hydrogen-bond donors (Lipinski definition) is 1.